The number of thioether (sulfide) groups is 1. The molecule has 110 valence electrons. The molecule has 0 fully saturated rings. The summed E-state index contributed by atoms with van der Waals surface area (Å²) in [6.45, 7) is 0.892. The highest BCUT2D eigenvalue weighted by molar-refractivity contribution is 8.14. The number of nitrogens with zero attached hydrogens (tertiary/aromatic N) is 3. The first-order valence-corrected chi connectivity index (χ1v) is 8.80. The van der Waals surface area contributed by atoms with Gasteiger partial charge in [-0.15, -0.1) is 0 Å². The minimum atomic E-state index is -3.46. The van der Waals surface area contributed by atoms with Gasteiger partial charge in [-0.2, -0.15) is 12.7 Å². The molecule has 5 nitrogen and oxygen atoms in total. The highest BCUT2D eigenvalue weighted by Crippen LogP contribution is 2.25. The standard InChI is InChI=1S/C12H16ClN3O2S2/c1-15(2)20(17,18)16-8-7-14-12(16)19-9-10-5-3-4-6-11(10)13/h3-6H,7-9H2,1-2H3. The average Bonchev–Trinajstić information content (AvgIpc) is 2.86. The van der Waals surface area contributed by atoms with Crippen molar-refractivity contribution in [3.8, 4) is 0 Å². The monoisotopic (exact) mass is 333 g/mol. The minimum absolute atomic E-state index is 0.394. The lowest BCUT2D eigenvalue weighted by atomic mass is 10.2. The van der Waals surface area contributed by atoms with Crippen LogP contribution in [0.3, 0.4) is 0 Å². The summed E-state index contributed by atoms with van der Waals surface area (Å²) >= 11 is 7.48. The van der Waals surface area contributed by atoms with Gasteiger partial charge in [-0.3, -0.25) is 4.99 Å². The molecule has 1 heterocycles. The summed E-state index contributed by atoms with van der Waals surface area (Å²) < 4.78 is 26.8. The lowest BCUT2D eigenvalue weighted by Gasteiger charge is -2.23. The maximum absolute atomic E-state index is 12.2. The summed E-state index contributed by atoms with van der Waals surface area (Å²) in [4.78, 5) is 4.27. The SMILES string of the molecule is CN(C)S(=O)(=O)N1CCN=C1SCc1ccccc1Cl. The van der Waals surface area contributed by atoms with Gasteiger partial charge < -0.3 is 0 Å². The molecule has 0 aromatic heterocycles. The van der Waals surface area contributed by atoms with E-state index in [1.807, 2.05) is 24.3 Å². The van der Waals surface area contributed by atoms with Gasteiger partial charge >= 0.3 is 10.2 Å². The maximum atomic E-state index is 12.2. The van der Waals surface area contributed by atoms with E-state index in [0.717, 1.165) is 5.56 Å². The minimum Gasteiger partial charge on any atom is -0.260 e. The molecule has 0 atom stereocenters. The molecule has 0 amide bonds. The van der Waals surface area contributed by atoms with E-state index >= 15 is 0 Å². The lowest BCUT2D eigenvalue weighted by molar-refractivity contribution is 0.468. The Bertz CT molecular complexity index is 617. The summed E-state index contributed by atoms with van der Waals surface area (Å²) in [6, 6.07) is 7.52. The zero-order chi connectivity index (χ0) is 14.8. The predicted octanol–water partition coefficient (Wildman–Crippen LogP) is 2.05. The van der Waals surface area contributed by atoms with Gasteiger partial charge in [-0.05, 0) is 11.6 Å². The Labute approximate surface area is 128 Å². The quantitative estimate of drug-likeness (QED) is 0.847. The molecule has 0 bridgehead atoms. The van der Waals surface area contributed by atoms with E-state index < -0.39 is 10.2 Å². The van der Waals surface area contributed by atoms with Crippen LogP contribution in [0.4, 0.5) is 0 Å². The summed E-state index contributed by atoms with van der Waals surface area (Å²) in [6.07, 6.45) is 0. The Hall–Kier alpha value is -0.760. The van der Waals surface area contributed by atoms with Gasteiger partial charge in [0.1, 0.15) is 0 Å². The zero-order valence-electron chi connectivity index (χ0n) is 11.3. The van der Waals surface area contributed by atoms with Crippen molar-refractivity contribution in [3.63, 3.8) is 0 Å². The Kier molecular flexibility index (Phi) is 4.95. The molecule has 1 aromatic carbocycles. The fourth-order valence-corrected chi connectivity index (χ4v) is 4.34. The summed E-state index contributed by atoms with van der Waals surface area (Å²) in [5, 5.41) is 1.21. The molecule has 2 rings (SSSR count). The van der Waals surface area contributed by atoms with Crippen LogP contribution in [-0.4, -0.2) is 49.4 Å². The molecule has 20 heavy (non-hydrogen) atoms. The van der Waals surface area contributed by atoms with Gasteiger partial charge in [0.2, 0.25) is 0 Å². The zero-order valence-corrected chi connectivity index (χ0v) is 13.7. The fourth-order valence-electron chi connectivity index (χ4n) is 1.70. The molecule has 0 spiro atoms. The Morgan fingerprint density at radius 1 is 1.40 bits per heavy atom. The van der Waals surface area contributed by atoms with Crippen molar-refractivity contribution in [1.82, 2.24) is 8.61 Å². The second-order valence-electron chi connectivity index (χ2n) is 4.41. The van der Waals surface area contributed by atoms with Crippen LogP contribution in [0.1, 0.15) is 5.56 Å². The predicted molar refractivity (Wildman–Crippen MR) is 84.4 cm³/mol. The van der Waals surface area contributed by atoms with Crippen molar-refractivity contribution in [3.05, 3.63) is 34.9 Å². The Morgan fingerprint density at radius 3 is 2.75 bits per heavy atom. The Morgan fingerprint density at radius 2 is 2.10 bits per heavy atom. The second-order valence-corrected chi connectivity index (χ2v) is 7.82. The van der Waals surface area contributed by atoms with Crippen LogP contribution in [0.25, 0.3) is 0 Å². The van der Waals surface area contributed by atoms with Gasteiger partial charge in [-0.25, -0.2) is 4.31 Å². The number of rotatable bonds is 4. The molecule has 0 unspecified atom stereocenters. The van der Waals surface area contributed by atoms with Crippen LogP contribution < -0.4 is 0 Å². The highest BCUT2D eigenvalue weighted by atomic mass is 35.5. The molecule has 0 aliphatic carbocycles. The third-order valence-electron chi connectivity index (χ3n) is 2.82. The van der Waals surface area contributed by atoms with Crippen molar-refractivity contribution >= 4 is 38.7 Å². The largest absolute Gasteiger partial charge is 0.305 e. The average molecular weight is 334 g/mol. The van der Waals surface area contributed by atoms with E-state index in [-0.39, 0.29) is 0 Å². The summed E-state index contributed by atoms with van der Waals surface area (Å²) in [7, 11) is -0.423. The van der Waals surface area contributed by atoms with Crippen molar-refractivity contribution in [2.75, 3.05) is 27.2 Å². The second kappa shape index (κ2) is 6.34. The third kappa shape index (κ3) is 3.28. The molecular weight excluding hydrogens is 318 g/mol. The molecule has 1 aromatic rings. The molecular formula is C12H16ClN3O2S2. The topological polar surface area (TPSA) is 53.0 Å². The normalized spacial score (nSPS) is 15.8. The van der Waals surface area contributed by atoms with Crippen molar-refractivity contribution < 1.29 is 8.42 Å². The molecule has 0 saturated carbocycles. The third-order valence-corrected chi connectivity index (χ3v) is 6.20. The van der Waals surface area contributed by atoms with Gasteiger partial charge in [0, 0.05) is 24.9 Å². The fraction of sp³-hybridized carbons (Fsp3) is 0.417. The smallest absolute Gasteiger partial charge is 0.260 e. The van der Waals surface area contributed by atoms with Gasteiger partial charge in [0.05, 0.1) is 13.1 Å². The molecule has 8 heteroatoms. The van der Waals surface area contributed by atoms with Gasteiger partial charge in [-0.1, -0.05) is 41.6 Å². The first kappa shape index (κ1) is 15.6. The number of hydrogen-bond donors (Lipinski definition) is 0. The van der Waals surface area contributed by atoms with Crippen LogP contribution in [0.2, 0.25) is 5.02 Å². The van der Waals surface area contributed by atoms with E-state index in [9.17, 15) is 8.42 Å². The number of hydrogen-bond acceptors (Lipinski definition) is 4. The van der Waals surface area contributed by atoms with Crippen LogP contribution >= 0.6 is 23.4 Å². The molecule has 1 aliphatic heterocycles. The first-order chi connectivity index (χ1) is 9.43. The Balaban J connectivity index is 2.08. The van der Waals surface area contributed by atoms with E-state index in [2.05, 4.69) is 4.99 Å². The van der Waals surface area contributed by atoms with Gasteiger partial charge in [0.25, 0.3) is 0 Å². The molecule has 0 N–H and O–H groups in total. The molecule has 1 aliphatic rings. The summed E-state index contributed by atoms with van der Waals surface area (Å²) in [5.41, 5.74) is 0.968. The first-order valence-electron chi connectivity index (χ1n) is 6.04. The van der Waals surface area contributed by atoms with Gasteiger partial charge in [0.15, 0.2) is 5.17 Å². The summed E-state index contributed by atoms with van der Waals surface area (Å²) in [5.74, 6) is 0.595. The van der Waals surface area contributed by atoms with Crippen LogP contribution in [0.15, 0.2) is 29.3 Å². The van der Waals surface area contributed by atoms with Crippen LogP contribution in [0, 0.1) is 0 Å². The molecule has 0 saturated heterocycles. The number of halogens is 1. The maximum Gasteiger partial charge on any atom is 0.305 e. The number of aliphatic imine (C=N–C) groups is 1. The van der Waals surface area contributed by atoms with Crippen molar-refractivity contribution in [1.29, 1.82) is 0 Å². The van der Waals surface area contributed by atoms with E-state index in [0.29, 0.717) is 29.0 Å². The highest BCUT2D eigenvalue weighted by Gasteiger charge is 2.30. The van der Waals surface area contributed by atoms with E-state index in [4.69, 9.17) is 11.6 Å². The van der Waals surface area contributed by atoms with E-state index in [1.165, 1.54) is 34.5 Å². The lowest BCUT2D eigenvalue weighted by Crippen LogP contribution is -2.41. The van der Waals surface area contributed by atoms with E-state index in [1.54, 1.807) is 0 Å². The number of amidine groups is 1. The van der Waals surface area contributed by atoms with Crippen molar-refractivity contribution in [2.45, 2.75) is 5.75 Å². The molecule has 0 radical (unpaired) electrons. The van der Waals surface area contributed by atoms with Crippen molar-refractivity contribution in [2.24, 2.45) is 4.99 Å². The van der Waals surface area contributed by atoms with Crippen LogP contribution in [-0.2, 0) is 16.0 Å². The number of benzene rings is 1. The van der Waals surface area contributed by atoms with Crippen LogP contribution in [0.5, 0.6) is 0 Å².